The van der Waals surface area contributed by atoms with Crippen LogP contribution in [0, 0.1) is 6.92 Å². The standard InChI is InChI=1S/C23H30N2O2/c1-18-7-9-19(10-8-18)6-4-5-17-24-22(26)16-13-20-11-14-21(15-12-20)23(27)25(2)3/h7-12,14-15H,4-6,13,16-17H2,1-3H3,(H,24,26). The third-order valence-corrected chi connectivity index (χ3v) is 4.58. The highest BCUT2D eigenvalue weighted by Gasteiger charge is 2.08. The van der Waals surface area contributed by atoms with Gasteiger partial charge in [0, 0.05) is 32.6 Å². The molecule has 0 aliphatic carbocycles. The Morgan fingerprint density at radius 2 is 1.44 bits per heavy atom. The number of carbonyl (C=O) groups excluding carboxylic acids is 2. The molecule has 0 spiro atoms. The van der Waals surface area contributed by atoms with Crippen molar-refractivity contribution in [2.45, 2.75) is 39.0 Å². The van der Waals surface area contributed by atoms with Gasteiger partial charge in [-0.1, -0.05) is 42.0 Å². The van der Waals surface area contributed by atoms with E-state index in [4.69, 9.17) is 0 Å². The molecule has 2 aromatic rings. The Kier molecular flexibility index (Phi) is 8.05. The van der Waals surface area contributed by atoms with E-state index in [2.05, 4.69) is 36.5 Å². The largest absolute Gasteiger partial charge is 0.356 e. The Hall–Kier alpha value is -2.62. The lowest BCUT2D eigenvalue weighted by Gasteiger charge is -2.10. The quantitative estimate of drug-likeness (QED) is 0.687. The smallest absolute Gasteiger partial charge is 0.253 e. The maximum Gasteiger partial charge on any atom is 0.253 e. The van der Waals surface area contributed by atoms with Crippen molar-refractivity contribution in [1.29, 1.82) is 0 Å². The second kappa shape index (κ2) is 10.5. The van der Waals surface area contributed by atoms with Gasteiger partial charge in [0.1, 0.15) is 0 Å². The highest BCUT2D eigenvalue weighted by Crippen LogP contribution is 2.09. The number of nitrogens with one attached hydrogen (secondary N) is 1. The maximum atomic E-state index is 12.0. The van der Waals surface area contributed by atoms with Gasteiger partial charge in [-0.3, -0.25) is 9.59 Å². The molecule has 4 heteroatoms. The van der Waals surface area contributed by atoms with Crippen molar-refractivity contribution in [1.82, 2.24) is 10.2 Å². The molecule has 2 amide bonds. The average Bonchev–Trinajstić information content (AvgIpc) is 2.67. The lowest BCUT2D eigenvalue weighted by atomic mass is 10.1. The SMILES string of the molecule is Cc1ccc(CCCCNC(=O)CCc2ccc(C(=O)N(C)C)cc2)cc1. The molecule has 0 aliphatic heterocycles. The zero-order valence-corrected chi connectivity index (χ0v) is 16.6. The molecule has 2 aromatic carbocycles. The number of aryl methyl sites for hydroxylation is 3. The molecule has 0 fully saturated rings. The van der Waals surface area contributed by atoms with E-state index in [9.17, 15) is 9.59 Å². The van der Waals surface area contributed by atoms with Gasteiger partial charge in [-0.05, 0) is 55.9 Å². The second-order valence-electron chi connectivity index (χ2n) is 7.19. The second-order valence-corrected chi connectivity index (χ2v) is 7.19. The van der Waals surface area contributed by atoms with Gasteiger partial charge in [-0.25, -0.2) is 0 Å². The minimum atomic E-state index is -0.00932. The molecule has 4 nitrogen and oxygen atoms in total. The first-order chi connectivity index (χ1) is 13.0. The fourth-order valence-corrected chi connectivity index (χ4v) is 2.86. The highest BCUT2D eigenvalue weighted by molar-refractivity contribution is 5.93. The molecule has 0 saturated heterocycles. The summed E-state index contributed by atoms with van der Waals surface area (Å²) >= 11 is 0. The van der Waals surface area contributed by atoms with Gasteiger partial charge in [-0.15, -0.1) is 0 Å². The van der Waals surface area contributed by atoms with Gasteiger partial charge >= 0.3 is 0 Å². The van der Waals surface area contributed by atoms with E-state index in [-0.39, 0.29) is 11.8 Å². The Morgan fingerprint density at radius 3 is 2.07 bits per heavy atom. The molecule has 2 rings (SSSR count). The van der Waals surface area contributed by atoms with Gasteiger partial charge in [0.05, 0.1) is 0 Å². The summed E-state index contributed by atoms with van der Waals surface area (Å²) in [4.78, 5) is 25.4. The van der Waals surface area contributed by atoms with Crippen molar-refractivity contribution in [3.63, 3.8) is 0 Å². The summed E-state index contributed by atoms with van der Waals surface area (Å²) in [6.07, 6.45) is 4.27. The van der Waals surface area contributed by atoms with Crippen molar-refractivity contribution in [3.8, 4) is 0 Å². The topological polar surface area (TPSA) is 49.4 Å². The van der Waals surface area contributed by atoms with Crippen molar-refractivity contribution in [3.05, 3.63) is 70.8 Å². The van der Waals surface area contributed by atoms with Crippen molar-refractivity contribution in [2.24, 2.45) is 0 Å². The summed E-state index contributed by atoms with van der Waals surface area (Å²) in [7, 11) is 3.47. The molecule has 0 unspecified atom stereocenters. The lowest BCUT2D eigenvalue weighted by molar-refractivity contribution is -0.121. The van der Waals surface area contributed by atoms with Crippen LogP contribution in [0.4, 0.5) is 0 Å². The lowest BCUT2D eigenvalue weighted by Crippen LogP contribution is -2.24. The number of hydrogen-bond acceptors (Lipinski definition) is 2. The van der Waals surface area contributed by atoms with Crippen LogP contribution in [-0.4, -0.2) is 37.4 Å². The van der Waals surface area contributed by atoms with E-state index >= 15 is 0 Å². The number of hydrogen-bond donors (Lipinski definition) is 1. The Balaban J connectivity index is 1.61. The third kappa shape index (κ3) is 7.26. The number of rotatable bonds is 9. The third-order valence-electron chi connectivity index (χ3n) is 4.58. The molecule has 0 saturated carbocycles. The van der Waals surface area contributed by atoms with Crippen LogP contribution in [0.2, 0.25) is 0 Å². The maximum absolute atomic E-state index is 12.0. The molecule has 0 bridgehead atoms. The van der Waals surface area contributed by atoms with Crippen molar-refractivity contribution in [2.75, 3.05) is 20.6 Å². The predicted molar refractivity (Wildman–Crippen MR) is 110 cm³/mol. The summed E-state index contributed by atoms with van der Waals surface area (Å²) in [5, 5.41) is 2.99. The minimum absolute atomic E-state index is 0.00932. The van der Waals surface area contributed by atoms with E-state index in [0.29, 0.717) is 18.4 Å². The molecule has 0 radical (unpaired) electrons. The van der Waals surface area contributed by atoms with Crippen LogP contribution >= 0.6 is 0 Å². The number of carbonyl (C=O) groups is 2. The summed E-state index contributed by atoms with van der Waals surface area (Å²) < 4.78 is 0. The molecule has 27 heavy (non-hydrogen) atoms. The Labute approximate surface area is 162 Å². The summed E-state index contributed by atoms with van der Waals surface area (Å²) in [5.41, 5.74) is 4.37. The zero-order valence-electron chi connectivity index (χ0n) is 16.6. The number of benzene rings is 2. The van der Waals surface area contributed by atoms with Crippen LogP contribution < -0.4 is 5.32 Å². The van der Waals surface area contributed by atoms with E-state index in [1.54, 1.807) is 19.0 Å². The molecule has 144 valence electrons. The molecule has 0 heterocycles. The molecule has 0 aromatic heterocycles. The summed E-state index contributed by atoms with van der Waals surface area (Å²) in [5.74, 6) is 0.0729. The number of unbranched alkanes of at least 4 members (excludes halogenated alkanes) is 1. The van der Waals surface area contributed by atoms with Gasteiger partial charge in [-0.2, -0.15) is 0 Å². The average molecular weight is 367 g/mol. The number of amides is 2. The van der Waals surface area contributed by atoms with Gasteiger partial charge < -0.3 is 10.2 Å². The van der Waals surface area contributed by atoms with Crippen LogP contribution in [0.15, 0.2) is 48.5 Å². The van der Waals surface area contributed by atoms with Crippen LogP contribution in [0.1, 0.15) is 46.3 Å². The van der Waals surface area contributed by atoms with E-state index in [1.165, 1.54) is 11.1 Å². The van der Waals surface area contributed by atoms with Crippen LogP contribution in [0.5, 0.6) is 0 Å². The van der Waals surface area contributed by atoms with E-state index < -0.39 is 0 Å². The minimum Gasteiger partial charge on any atom is -0.356 e. The molecule has 0 atom stereocenters. The normalized spacial score (nSPS) is 10.5. The first kappa shape index (κ1) is 20.7. The predicted octanol–water partition coefficient (Wildman–Crippen LogP) is 3.77. The van der Waals surface area contributed by atoms with Gasteiger partial charge in [0.2, 0.25) is 5.91 Å². The Bertz CT molecular complexity index is 734. The zero-order chi connectivity index (χ0) is 19.6. The van der Waals surface area contributed by atoms with Crippen LogP contribution in [-0.2, 0) is 17.6 Å². The summed E-state index contributed by atoms with van der Waals surface area (Å²) in [6, 6.07) is 16.1. The van der Waals surface area contributed by atoms with E-state index in [0.717, 1.165) is 31.4 Å². The van der Waals surface area contributed by atoms with Crippen LogP contribution in [0.25, 0.3) is 0 Å². The van der Waals surface area contributed by atoms with Crippen molar-refractivity contribution < 1.29 is 9.59 Å². The van der Waals surface area contributed by atoms with Crippen molar-refractivity contribution >= 4 is 11.8 Å². The van der Waals surface area contributed by atoms with E-state index in [1.807, 2.05) is 24.3 Å². The van der Waals surface area contributed by atoms with Crippen LogP contribution in [0.3, 0.4) is 0 Å². The monoisotopic (exact) mass is 366 g/mol. The first-order valence-electron chi connectivity index (χ1n) is 9.58. The highest BCUT2D eigenvalue weighted by atomic mass is 16.2. The molecule has 1 N–H and O–H groups in total. The fourth-order valence-electron chi connectivity index (χ4n) is 2.86. The molecular weight excluding hydrogens is 336 g/mol. The first-order valence-corrected chi connectivity index (χ1v) is 9.58. The summed E-state index contributed by atoms with van der Waals surface area (Å²) in [6.45, 7) is 2.82. The fraction of sp³-hybridized carbons (Fsp3) is 0.391. The number of nitrogens with zero attached hydrogens (tertiary/aromatic N) is 1. The molecule has 0 aliphatic rings. The molecular formula is C23H30N2O2. The van der Waals surface area contributed by atoms with Gasteiger partial charge in [0.15, 0.2) is 0 Å². The Morgan fingerprint density at radius 1 is 0.852 bits per heavy atom. The van der Waals surface area contributed by atoms with Gasteiger partial charge in [0.25, 0.3) is 5.91 Å².